The lowest BCUT2D eigenvalue weighted by Gasteiger charge is -2.08. The van der Waals surface area contributed by atoms with E-state index < -0.39 is 6.61 Å². The molecule has 3 N–H and O–H groups in total. The molecule has 4 nitrogen and oxygen atoms in total. The maximum Gasteiger partial charge on any atom is 0.387 e. The average molecular weight is 253 g/mol. The number of nitrogens with zero attached hydrogens (tertiary/aromatic N) is 1. The van der Waals surface area contributed by atoms with E-state index in [0.29, 0.717) is 24.2 Å². The van der Waals surface area contributed by atoms with Crippen LogP contribution >= 0.6 is 0 Å². The van der Waals surface area contributed by atoms with Crippen molar-refractivity contribution in [1.29, 1.82) is 0 Å². The molecular formula is C12H13F2N3O. The molecule has 0 saturated carbocycles. The third-order valence-corrected chi connectivity index (χ3v) is 2.40. The number of alkyl halides is 2. The van der Waals surface area contributed by atoms with Gasteiger partial charge in [-0.3, -0.25) is 0 Å². The Balaban J connectivity index is 2.30. The molecule has 0 aliphatic heterocycles. The highest BCUT2D eigenvalue weighted by atomic mass is 19.3. The summed E-state index contributed by atoms with van der Waals surface area (Å²) >= 11 is 0. The smallest absolute Gasteiger partial charge is 0.387 e. The topological polar surface area (TPSA) is 63.9 Å². The number of nitrogens with two attached hydrogens (primary N) is 1. The van der Waals surface area contributed by atoms with Crippen LogP contribution in [-0.2, 0) is 6.42 Å². The van der Waals surface area contributed by atoms with E-state index in [2.05, 4.69) is 14.7 Å². The van der Waals surface area contributed by atoms with E-state index in [1.165, 1.54) is 6.07 Å². The molecule has 0 amide bonds. The lowest BCUT2D eigenvalue weighted by atomic mass is 10.1. The summed E-state index contributed by atoms with van der Waals surface area (Å²) in [4.78, 5) is 7.15. The second kappa shape index (κ2) is 5.59. The second-order valence-corrected chi connectivity index (χ2v) is 3.66. The van der Waals surface area contributed by atoms with Gasteiger partial charge in [0.2, 0.25) is 0 Å². The van der Waals surface area contributed by atoms with Crippen LogP contribution in [0.1, 0.15) is 5.82 Å². The normalized spacial score (nSPS) is 10.9. The van der Waals surface area contributed by atoms with E-state index in [1.54, 1.807) is 24.4 Å². The highest BCUT2D eigenvalue weighted by Crippen LogP contribution is 2.29. The summed E-state index contributed by atoms with van der Waals surface area (Å²) in [5.74, 6) is 0.842. The van der Waals surface area contributed by atoms with Gasteiger partial charge in [-0.15, -0.1) is 0 Å². The number of H-pyrrole nitrogens is 1. The van der Waals surface area contributed by atoms with Gasteiger partial charge in [0.25, 0.3) is 0 Å². The van der Waals surface area contributed by atoms with Crippen LogP contribution in [0.5, 0.6) is 5.75 Å². The summed E-state index contributed by atoms with van der Waals surface area (Å²) in [6.07, 6.45) is 2.19. The summed E-state index contributed by atoms with van der Waals surface area (Å²) in [6, 6.07) is 6.57. The average Bonchev–Trinajstić information content (AvgIpc) is 2.78. The Morgan fingerprint density at radius 2 is 2.11 bits per heavy atom. The number of hydrogen-bond acceptors (Lipinski definition) is 3. The number of ether oxygens (including phenoxy) is 1. The number of hydrogen-bond donors (Lipinski definition) is 2. The van der Waals surface area contributed by atoms with Crippen LogP contribution in [0.25, 0.3) is 11.3 Å². The van der Waals surface area contributed by atoms with Gasteiger partial charge in [0.15, 0.2) is 0 Å². The molecule has 0 aliphatic rings. The minimum absolute atomic E-state index is 0.121. The van der Waals surface area contributed by atoms with E-state index >= 15 is 0 Å². The van der Waals surface area contributed by atoms with Gasteiger partial charge in [-0.2, -0.15) is 8.78 Å². The molecule has 0 unspecified atom stereocenters. The van der Waals surface area contributed by atoms with Crippen LogP contribution < -0.4 is 10.5 Å². The van der Waals surface area contributed by atoms with Crippen LogP contribution in [-0.4, -0.2) is 23.1 Å². The molecular weight excluding hydrogens is 240 g/mol. The van der Waals surface area contributed by atoms with Crippen molar-refractivity contribution in [2.75, 3.05) is 6.54 Å². The third-order valence-electron chi connectivity index (χ3n) is 2.40. The zero-order valence-electron chi connectivity index (χ0n) is 9.57. The Bertz CT molecular complexity index is 514. The van der Waals surface area contributed by atoms with Crippen LogP contribution in [0, 0.1) is 0 Å². The number of imidazole rings is 1. The van der Waals surface area contributed by atoms with Crippen LogP contribution in [0.15, 0.2) is 30.5 Å². The summed E-state index contributed by atoms with van der Waals surface area (Å²) in [6.45, 7) is -2.38. The number of aromatic nitrogens is 2. The first-order valence-electron chi connectivity index (χ1n) is 5.49. The summed E-state index contributed by atoms with van der Waals surface area (Å²) in [7, 11) is 0. The number of benzene rings is 1. The first-order valence-corrected chi connectivity index (χ1v) is 5.49. The highest BCUT2D eigenvalue weighted by molar-refractivity contribution is 5.66. The van der Waals surface area contributed by atoms with E-state index in [4.69, 9.17) is 5.73 Å². The molecule has 2 rings (SSSR count). The van der Waals surface area contributed by atoms with E-state index in [-0.39, 0.29) is 5.75 Å². The molecule has 2 aromatic rings. The van der Waals surface area contributed by atoms with Gasteiger partial charge in [-0.05, 0) is 18.7 Å². The zero-order chi connectivity index (χ0) is 13.0. The Labute approximate surface area is 103 Å². The number of nitrogens with one attached hydrogen (secondary N) is 1. The Kier molecular flexibility index (Phi) is 3.88. The van der Waals surface area contributed by atoms with Crippen molar-refractivity contribution in [1.82, 2.24) is 9.97 Å². The van der Waals surface area contributed by atoms with Gasteiger partial charge in [0.1, 0.15) is 11.6 Å². The Morgan fingerprint density at radius 1 is 1.33 bits per heavy atom. The molecule has 0 saturated heterocycles. The van der Waals surface area contributed by atoms with Crippen molar-refractivity contribution in [2.45, 2.75) is 13.0 Å². The van der Waals surface area contributed by atoms with Crippen molar-refractivity contribution in [3.8, 4) is 17.0 Å². The van der Waals surface area contributed by atoms with Crippen molar-refractivity contribution in [2.24, 2.45) is 5.73 Å². The molecule has 0 aliphatic carbocycles. The molecule has 6 heteroatoms. The summed E-state index contributed by atoms with van der Waals surface area (Å²) in [5.41, 5.74) is 6.60. The summed E-state index contributed by atoms with van der Waals surface area (Å²) in [5, 5.41) is 0. The monoisotopic (exact) mass is 253 g/mol. The van der Waals surface area contributed by atoms with Gasteiger partial charge in [-0.1, -0.05) is 12.1 Å². The Morgan fingerprint density at radius 3 is 2.83 bits per heavy atom. The fourth-order valence-electron chi connectivity index (χ4n) is 1.65. The lowest BCUT2D eigenvalue weighted by Crippen LogP contribution is -2.04. The van der Waals surface area contributed by atoms with E-state index in [0.717, 1.165) is 5.82 Å². The van der Waals surface area contributed by atoms with Gasteiger partial charge in [0.05, 0.1) is 11.9 Å². The van der Waals surface area contributed by atoms with Crippen LogP contribution in [0.3, 0.4) is 0 Å². The van der Waals surface area contributed by atoms with Gasteiger partial charge in [0, 0.05) is 12.0 Å². The number of aromatic amines is 1. The number of halogens is 2. The largest absolute Gasteiger partial charge is 0.434 e. The van der Waals surface area contributed by atoms with Crippen LogP contribution in [0.2, 0.25) is 0 Å². The molecule has 1 aromatic carbocycles. The summed E-state index contributed by atoms with van der Waals surface area (Å²) < 4.78 is 29.0. The predicted octanol–water partition coefficient (Wildman–Crippen LogP) is 2.18. The Hall–Kier alpha value is -1.95. The lowest BCUT2D eigenvalue weighted by molar-refractivity contribution is -0.0494. The molecule has 0 spiro atoms. The van der Waals surface area contributed by atoms with Crippen molar-refractivity contribution in [3.63, 3.8) is 0 Å². The SMILES string of the molecule is NCCc1ncc(-c2ccccc2OC(F)F)[nH]1. The van der Waals surface area contributed by atoms with Crippen molar-refractivity contribution < 1.29 is 13.5 Å². The second-order valence-electron chi connectivity index (χ2n) is 3.66. The molecule has 1 heterocycles. The molecule has 96 valence electrons. The predicted molar refractivity (Wildman–Crippen MR) is 63.4 cm³/mol. The third kappa shape index (κ3) is 2.84. The molecule has 0 radical (unpaired) electrons. The first-order chi connectivity index (χ1) is 8.70. The fraction of sp³-hybridized carbons (Fsp3) is 0.250. The van der Waals surface area contributed by atoms with Gasteiger partial charge >= 0.3 is 6.61 Å². The first kappa shape index (κ1) is 12.5. The quantitative estimate of drug-likeness (QED) is 0.858. The van der Waals surface area contributed by atoms with E-state index in [9.17, 15) is 8.78 Å². The minimum atomic E-state index is -2.85. The zero-order valence-corrected chi connectivity index (χ0v) is 9.57. The van der Waals surface area contributed by atoms with Crippen molar-refractivity contribution >= 4 is 0 Å². The van der Waals surface area contributed by atoms with Gasteiger partial charge < -0.3 is 15.5 Å². The maximum absolute atomic E-state index is 12.3. The molecule has 0 bridgehead atoms. The number of rotatable bonds is 5. The molecule has 0 fully saturated rings. The maximum atomic E-state index is 12.3. The van der Waals surface area contributed by atoms with Gasteiger partial charge in [-0.25, -0.2) is 4.98 Å². The molecule has 1 aromatic heterocycles. The minimum Gasteiger partial charge on any atom is -0.434 e. The fourth-order valence-corrected chi connectivity index (χ4v) is 1.65. The highest BCUT2D eigenvalue weighted by Gasteiger charge is 2.12. The number of para-hydroxylation sites is 1. The van der Waals surface area contributed by atoms with Crippen molar-refractivity contribution in [3.05, 3.63) is 36.3 Å². The standard InChI is InChI=1S/C12H13F2N3O/c13-12(14)18-10-4-2-1-3-8(10)9-7-16-11(17-9)5-6-15/h1-4,7,12H,5-6,15H2,(H,16,17). The van der Waals surface area contributed by atoms with E-state index in [1.807, 2.05) is 0 Å². The molecule has 0 atom stereocenters. The molecule has 18 heavy (non-hydrogen) atoms. The van der Waals surface area contributed by atoms with Crippen LogP contribution in [0.4, 0.5) is 8.78 Å².